The molecule has 0 aromatic carbocycles. The first kappa shape index (κ1) is 11.5. The minimum Gasteiger partial charge on any atom is -0.370 e. The van der Waals surface area contributed by atoms with Crippen LogP contribution in [0.3, 0.4) is 0 Å². The zero-order valence-corrected chi connectivity index (χ0v) is 9.97. The standard InChI is InChI=1S/C10H16BrN3/c1-8-6-9(11)7-14-10(8)13-5-3-2-4-12/h6-7H,2-5,12H2,1H3,(H,13,14). The van der Waals surface area contributed by atoms with Gasteiger partial charge in [0, 0.05) is 17.2 Å². The summed E-state index contributed by atoms with van der Waals surface area (Å²) in [6, 6.07) is 2.05. The molecule has 0 aliphatic heterocycles. The Morgan fingerprint density at radius 1 is 1.50 bits per heavy atom. The number of aryl methyl sites for hydroxylation is 1. The first-order valence-electron chi connectivity index (χ1n) is 4.80. The van der Waals surface area contributed by atoms with Gasteiger partial charge in [-0.3, -0.25) is 0 Å². The summed E-state index contributed by atoms with van der Waals surface area (Å²) in [5.41, 5.74) is 6.57. The molecule has 0 atom stereocenters. The topological polar surface area (TPSA) is 50.9 Å². The third kappa shape index (κ3) is 3.64. The van der Waals surface area contributed by atoms with E-state index in [1.54, 1.807) is 6.20 Å². The SMILES string of the molecule is Cc1cc(Br)cnc1NCCCCN. The van der Waals surface area contributed by atoms with Gasteiger partial charge in [0.1, 0.15) is 5.82 Å². The van der Waals surface area contributed by atoms with E-state index in [1.165, 1.54) is 0 Å². The summed E-state index contributed by atoms with van der Waals surface area (Å²) in [7, 11) is 0. The molecule has 0 radical (unpaired) electrons. The molecule has 0 amide bonds. The van der Waals surface area contributed by atoms with Crippen molar-refractivity contribution in [3.8, 4) is 0 Å². The molecular weight excluding hydrogens is 242 g/mol. The van der Waals surface area contributed by atoms with E-state index >= 15 is 0 Å². The zero-order chi connectivity index (χ0) is 10.4. The van der Waals surface area contributed by atoms with Crippen LogP contribution in [0.1, 0.15) is 18.4 Å². The molecule has 0 aliphatic rings. The molecule has 0 saturated heterocycles. The molecule has 78 valence electrons. The fourth-order valence-corrected chi connectivity index (χ4v) is 1.65. The normalized spacial score (nSPS) is 10.2. The van der Waals surface area contributed by atoms with Crippen LogP contribution < -0.4 is 11.1 Å². The highest BCUT2D eigenvalue weighted by Gasteiger charge is 1.98. The molecule has 1 aromatic rings. The maximum atomic E-state index is 5.41. The van der Waals surface area contributed by atoms with Crippen LogP contribution in [0, 0.1) is 6.92 Å². The van der Waals surface area contributed by atoms with Gasteiger partial charge < -0.3 is 11.1 Å². The van der Waals surface area contributed by atoms with Crippen molar-refractivity contribution >= 4 is 21.7 Å². The highest BCUT2D eigenvalue weighted by Crippen LogP contribution is 2.16. The van der Waals surface area contributed by atoms with E-state index in [4.69, 9.17) is 5.73 Å². The second-order valence-electron chi connectivity index (χ2n) is 3.24. The lowest BCUT2D eigenvalue weighted by Crippen LogP contribution is -2.07. The van der Waals surface area contributed by atoms with Gasteiger partial charge in [0.25, 0.3) is 0 Å². The third-order valence-electron chi connectivity index (χ3n) is 1.97. The maximum Gasteiger partial charge on any atom is 0.128 e. The summed E-state index contributed by atoms with van der Waals surface area (Å²) < 4.78 is 1.02. The molecule has 0 unspecified atom stereocenters. The zero-order valence-electron chi connectivity index (χ0n) is 8.39. The number of hydrogen-bond donors (Lipinski definition) is 2. The molecule has 0 spiro atoms. The van der Waals surface area contributed by atoms with E-state index in [-0.39, 0.29) is 0 Å². The Labute approximate surface area is 93.2 Å². The van der Waals surface area contributed by atoms with Crippen LogP contribution in [0.5, 0.6) is 0 Å². The second-order valence-corrected chi connectivity index (χ2v) is 4.16. The van der Waals surface area contributed by atoms with Crippen LogP contribution >= 0.6 is 15.9 Å². The van der Waals surface area contributed by atoms with Crippen molar-refractivity contribution < 1.29 is 0 Å². The van der Waals surface area contributed by atoms with Gasteiger partial charge in [-0.15, -0.1) is 0 Å². The number of aromatic nitrogens is 1. The van der Waals surface area contributed by atoms with E-state index in [1.807, 2.05) is 6.92 Å². The van der Waals surface area contributed by atoms with Crippen LogP contribution in [0.25, 0.3) is 0 Å². The molecule has 1 rings (SSSR count). The van der Waals surface area contributed by atoms with E-state index in [2.05, 4.69) is 32.3 Å². The summed E-state index contributed by atoms with van der Waals surface area (Å²) in [6.45, 7) is 3.74. The van der Waals surface area contributed by atoms with Gasteiger partial charge in [0.15, 0.2) is 0 Å². The van der Waals surface area contributed by atoms with E-state index < -0.39 is 0 Å². The largest absolute Gasteiger partial charge is 0.370 e. The lowest BCUT2D eigenvalue weighted by atomic mass is 10.2. The van der Waals surface area contributed by atoms with Crippen LogP contribution in [0.15, 0.2) is 16.7 Å². The number of rotatable bonds is 5. The van der Waals surface area contributed by atoms with Gasteiger partial charge in [0.2, 0.25) is 0 Å². The number of halogens is 1. The van der Waals surface area contributed by atoms with Crippen molar-refractivity contribution in [1.29, 1.82) is 0 Å². The minimum absolute atomic E-state index is 0.758. The van der Waals surface area contributed by atoms with Crippen LogP contribution in [0.4, 0.5) is 5.82 Å². The summed E-state index contributed by atoms with van der Waals surface area (Å²) >= 11 is 3.38. The fraction of sp³-hybridized carbons (Fsp3) is 0.500. The van der Waals surface area contributed by atoms with Crippen molar-refractivity contribution in [2.75, 3.05) is 18.4 Å². The first-order valence-corrected chi connectivity index (χ1v) is 5.59. The van der Waals surface area contributed by atoms with Crippen LogP contribution in [-0.4, -0.2) is 18.1 Å². The Balaban J connectivity index is 2.42. The number of pyridine rings is 1. The third-order valence-corrected chi connectivity index (χ3v) is 2.40. The maximum absolute atomic E-state index is 5.41. The Bertz CT molecular complexity index is 289. The molecule has 0 aliphatic carbocycles. The second kappa shape index (κ2) is 5.98. The average Bonchev–Trinajstić information content (AvgIpc) is 2.15. The fourth-order valence-electron chi connectivity index (χ4n) is 1.20. The highest BCUT2D eigenvalue weighted by atomic mass is 79.9. The summed E-state index contributed by atoms with van der Waals surface area (Å²) in [5.74, 6) is 0.963. The van der Waals surface area contributed by atoms with Crippen molar-refractivity contribution in [2.24, 2.45) is 5.73 Å². The molecule has 3 nitrogen and oxygen atoms in total. The number of nitrogens with zero attached hydrogens (tertiary/aromatic N) is 1. The predicted octanol–water partition coefficient (Wildman–Crippen LogP) is 2.30. The molecule has 0 bridgehead atoms. The molecule has 0 fully saturated rings. The van der Waals surface area contributed by atoms with E-state index in [0.29, 0.717) is 0 Å². The Hall–Kier alpha value is -0.610. The Morgan fingerprint density at radius 3 is 2.93 bits per heavy atom. The predicted molar refractivity (Wildman–Crippen MR) is 63.5 cm³/mol. The van der Waals surface area contributed by atoms with Gasteiger partial charge >= 0.3 is 0 Å². The number of unbranched alkanes of at least 4 members (excludes halogenated alkanes) is 1. The van der Waals surface area contributed by atoms with Gasteiger partial charge in [0.05, 0.1) is 0 Å². The quantitative estimate of drug-likeness (QED) is 0.797. The highest BCUT2D eigenvalue weighted by molar-refractivity contribution is 9.10. The van der Waals surface area contributed by atoms with E-state index in [9.17, 15) is 0 Å². The van der Waals surface area contributed by atoms with Crippen molar-refractivity contribution in [3.05, 3.63) is 22.3 Å². The van der Waals surface area contributed by atoms with Crippen LogP contribution in [-0.2, 0) is 0 Å². The average molecular weight is 258 g/mol. The minimum atomic E-state index is 0.758. The summed E-state index contributed by atoms with van der Waals surface area (Å²) in [5, 5.41) is 3.29. The summed E-state index contributed by atoms with van der Waals surface area (Å²) in [6.07, 6.45) is 3.95. The Kier molecular flexibility index (Phi) is 4.90. The molecular formula is C10H16BrN3. The molecule has 14 heavy (non-hydrogen) atoms. The molecule has 1 aromatic heterocycles. The number of anilines is 1. The van der Waals surface area contributed by atoms with Crippen molar-refractivity contribution in [1.82, 2.24) is 4.98 Å². The number of hydrogen-bond acceptors (Lipinski definition) is 3. The van der Waals surface area contributed by atoms with Gasteiger partial charge in [-0.05, 0) is 53.9 Å². The molecule has 1 heterocycles. The molecule has 4 heteroatoms. The number of nitrogens with two attached hydrogens (primary N) is 1. The first-order chi connectivity index (χ1) is 6.74. The monoisotopic (exact) mass is 257 g/mol. The van der Waals surface area contributed by atoms with Gasteiger partial charge in [-0.2, -0.15) is 0 Å². The van der Waals surface area contributed by atoms with Gasteiger partial charge in [-0.25, -0.2) is 4.98 Å². The Morgan fingerprint density at radius 2 is 2.29 bits per heavy atom. The lowest BCUT2D eigenvalue weighted by Gasteiger charge is -2.07. The van der Waals surface area contributed by atoms with Crippen LogP contribution in [0.2, 0.25) is 0 Å². The lowest BCUT2D eigenvalue weighted by molar-refractivity contribution is 0.772. The van der Waals surface area contributed by atoms with E-state index in [0.717, 1.165) is 41.8 Å². The van der Waals surface area contributed by atoms with Crippen molar-refractivity contribution in [2.45, 2.75) is 19.8 Å². The van der Waals surface area contributed by atoms with Gasteiger partial charge in [-0.1, -0.05) is 0 Å². The molecule has 0 saturated carbocycles. The van der Waals surface area contributed by atoms with Crippen molar-refractivity contribution in [3.63, 3.8) is 0 Å². The smallest absolute Gasteiger partial charge is 0.128 e. The number of nitrogens with one attached hydrogen (secondary N) is 1. The summed E-state index contributed by atoms with van der Waals surface area (Å²) in [4.78, 5) is 4.29. The molecule has 3 N–H and O–H groups in total.